The van der Waals surface area contributed by atoms with E-state index < -0.39 is 11.7 Å². The zero-order valence-corrected chi connectivity index (χ0v) is 11.1. The van der Waals surface area contributed by atoms with Gasteiger partial charge in [-0.3, -0.25) is 0 Å². The predicted molar refractivity (Wildman–Crippen MR) is 67.0 cm³/mol. The molecule has 0 aromatic heterocycles. The second-order valence-corrected chi connectivity index (χ2v) is 6.35. The molecule has 0 saturated heterocycles. The van der Waals surface area contributed by atoms with Crippen molar-refractivity contribution in [2.45, 2.75) is 63.6 Å². The van der Waals surface area contributed by atoms with E-state index in [1.54, 1.807) is 0 Å². The number of hydrogen-bond donors (Lipinski definition) is 1. The molecular formula is C12H20N4O2. The average molecular weight is 252 g/mol. The zero-order chi connectivity index (χ0) is 13.4. The van der Waals surface area contributed by atoms with Gasteiger partial charge in [0.05, 0.1) is 11.6 Å². The van der Waals surface area contributed by atoms with Crippen molar-refractivity contribution < 1.29 is 9.53 Å². The van der Waals surface area contributed by atoms with Crippen LogP contribution in [-0.4, -0.2) is 23.3 Å². The lowest BCUT2D eigenvalue weighted by Crippen LogP contribution is -2.53. The minimum absolute atomic E-state index is 0.131. The maximum Gasteiger partial charge on any atom is 0.408 e. The standard InChI is InChI=1S/C12H20N4O2/c1-11(2,3)18-10(17)14-12-5-4-8(7-12)6-9(12)15-16-13/h8-9H,4-7H2,1-3H3,(H,14,17). The van der Waals surface area contributed by atoms with Gasteiger partial charge < -0.3 is 10.1 Å². The van der Waals surface area contributed by atoms with Crippen molar-refractivity contribution >= 4 is 6.09 Å². The van der Waals surface area contributed by atoms with E-state index in [1.807, 2.05) is 20.8 Å². The van der Waals surface area contributed by atoms with Crippen LogP contribution in [0, 0.1) is 5.92 Å². The summed E-state index contributed by atoms with van der Waals surface area (Å²) in [5, 5.41) is 6.79. The van der Waals surface area contributed by atoms with E-state index in [-0.39, 0.29) is 11.6 Å². The number of amides is 1. The minimum atomic E-state index is -0.509. The third-order valence-electron chi connectivity index (χ3n) is 3.79. The Balaban J connectivity index is 2.06. The van der Waals surface area contributed by atoms with Gasteiger partial charge in [-0.1, -0.05) is 5.11 Å². The third-order valence-corrected chi connectivity index (χ3v) is 3.79. The fourth-order valence-corrected chi connectivity index (χ4v) is 3.15. The molecule has 2 rings (SSSR count). The highest BCUT2D eigenvalue weighted by Crippen LogP contribution is 2.49. The number of ether oxygens (including phenoxy) is 1. The molecule has 0 radical (unpaired) electrons. The van der Waals surface area contributed by atoms with Crippen LogP contribution in [0.2, 0.25) is 0 Å². The highest BCUT2D eigenvalue weighted by atomic mass is 16.6. The summed E-state index contributed by atoms with van der Waals surface area (Å²) in [6, 6.07) is -0.131. The first-order chi connectivity index (χ1) is 8.35. The van der Waals surface area contributed by atoms with E-state index in [2.05, 4.69) is 15.3 Å². The topological polar surface area (TPSA) is 87.1 Å². The summed E-state index contributed by atoms with van der Waals surface area (Å²) in [4.78, 5) is 14.8. The van der Waals surface area contributed by atoms with Gasteiger partial charge in [-0.2, -0.15) is 0 Å². The van der Waals surface area contributed by atoms with Crippen LogP contribution in [-0.2, 0) is 4.74 Å². The molecule has 3 unspecified atom stereocenters. The normalized spacial score (nSPS) is 33.9. The number of nitrogens with one attached hydrogen (secondary N) is 1. The minimum Gasteiger partial charge on any atom is -0.444 e. The molecule has 1 N–H and O–H groups in total. The van der Waals surface area contributed by atoms with Gasteiger partial charge in [0, 0.05) is 4.91 Å². The average Bonchev–Trinajstić information content (AvgIpc) is 2.71. The number of carbonyl (C=O) groups excluding carboxylic acids is 1. The van der Waals surface area contributed by atoms with Crippen molar-refractivity contribution in [3.05, 3.63) is 10.4 Å². The molecule has 0 aliphatic heterocycles. The van der Waals surface area contributed by atoms with Crippen molar-refractivity contribution in [1.82, 2.24) is 5.32 Å². The second-order valence-electron chi connectivity index (χ2n) is 6.35. The van der Waals surface area contributed by atoms with Crippen LogP contribution >= 0.6 is 0 Å². The van der Waals surface area contributed by atoms with Gasteiger partial charge in [-0.15, -0.1) is 0 Å². The van der Waals surface area contributed by atoms with Gasteiger partial charge >= 0.3 is 6.09 Å². The van der Waals surface area contributed by atoms with Crippen molar-refractivity contribution in [3.63, 3.8) is 0 Å². The summed E-state index contributed by atoms with van der Waals surface area (Å²) in [5.41, 5.74) is 7.72. The van der Waals surface area contributed by atoms with E-state index in [0.29, 0.717) is 5.92 Å². The Kier molecular flexibility index (Phi) is 3.15. The highest BCUT2D eigenvalue weighted by Gasteiger charge is 2.53. The van der Waals surface area contributed by atoms with E-state index in [1.165, 1.54) is 0 Å². The summed E-state index contributed by atoms with van der Waals surface area (Å²) in [6.07, 6.45) is 3.33. The van der Waals surface area contributed by atoms with E-state index >= 15 is 0 Å². The molecule has 2 saturated carbocycles. The quantitative estimate of drug-likeness (QED) is 0.465. The molecule has 2 aliphatic carbocycles. The molecule has 2 bridgehead atoms. The first-order valence-electron chi connectivity index (χ1n) is 6.40. The van der Waals surface area contributed by atoms with Gasteiger partial charge in [0.15, 0.2) is 0 Å². The third kappa shape index (κ3) is 2.53. The molecule has 100 valence electrons. The predicted octanol–water partition coefficient (Wildman–Crippen LogP) is 3.13. The Morgan fingerprint density at radius 3 is 2.83 bits per heavy atom. The molecule has 0 spiro atoms. The van der Waals surface area contributed by atoms with E-state index in [4.69, 9.17) is 10.3 Å². The van der Waals surface area contributed by atoms with Crippen LogP contribution in [0.15, 0.2) is 5.11 Å². The Morgan fingerprint density at radius 2 is 2.28 bits per heavy atom. The Labute approximate surface area is 107 Å². The number of alkyl carbamates (subject to hydrolysis) is 1. The second kappa shape index (κ2) is 4.35. The number of fused-ring (bicyclic) bond motifs is 2. The monoisotopic (exact) mass is 252 g/mol. The Hall–Kier alpha value is -1.42. The van der Waals surface area contributed by atoms with Gasteiger partial charge in [0.2, 0.25) is 0 Å². The maximum absolute atomic E-state index is 11.9. The number of nitrogens with zero attached hydrogens (tertiary/aromatic N) is 3. The van der Waals surface area contributed by atoms with E-state index in [9.17, 15) is 4.79 Å². The lowest BCUT2D eigenvalue weighted by Gasteiger charge is -2.34. The fraction of sp³-hybridized carbons (Fsp3) is 0.917. The fourth-order valence-electron chi connectivity index (χ4n) is 3.15. The molecule has 6 heteroatoms. The summed E-state index contributed by atoms with van der Waals surface area (Å²) in [6.45, 7) is 5.50. The van der Waals surface area contributed by atoms with Crippen LogP contribution in [0.5, 0.6) is 0 Å². The van der Waals surface area contributed by atoms with Crippen LogP contribution in [0.25, 0.3) is 10.4 Å². The molecule has 0 aromatic carbocycles. The SMILES string of the molecule is CC(C)(C)OC(=O)NC12CCC(CC1N=[N+]=[N-])C2. The molecule has 2 fully saturated rings. The van der Waals surface area contributed by atoms with Crippen molar-refractivity contribution in [1.29, 1.82) is 0 Å². The number of azide groups is 1. The summed E-state index contributed by atoms with van der Waals surface area (Å²) < 4.78 is 5.29. The first kappa shape index (κ1) is 13.0. The molecule has 0 aromatic rings. The molecule has 1 amide bonds. The summed E-state index contributed by atoms with van der Waals surface area (Å²) in [7, 11) is 0. The van der Waals surface area contributed by atoms with Crippen LogP contribution in [0.3, 0.4) is 0 Å². The van der Waals surface area contributed by atoms with Gasteiger partial charge in [-0.25, -0.2) is 4.79 Å². The zero-order valence-electron chi connectivity index (χ0n) is 11.1. The van der Waals surface area contributed by atoms with Gasteiger partial charge in [0.1, 0.15) is 5.60 Å². The van der Waals surface area contributed by atoms with Crippen LogP contribution < -0.4 is 5.32 Å². The number of rotatable bonds is 2. The van der Waals surface area contributed by atoms with Crippen molar-refractivity contribution in [3.8, 4) is 0 Å². The summed E-state index contributed by atoms with van der Waals surface area (Å²) >= 11 is 0. The van der Waals surface area contributed by atoms with Crippen LogP contribution in [0.1, 0.15) is 46.5 Å². The highest BCUT2D eigenvalue weighted by molar-refractivity contribution is 5.69. The summed E-state index contributed by atoms with van der Waals surface area (Å²) in [5.74, 6) is 0.565. The number of carbonyl (C=O) groups is 1. The Morgan fingerprint density at radius 1 is 1.56 bits per heavy atom. The largest absolute Gasteiger partial charge is 0.444 e. The maximum atomic E-state index is 11.9. The van der Waals surface area contributed by atoms with Crippen LogP contribution in [0.4, 0.5) is 4.79 Å². The molecule has 18 heavy (non-hydrogen) atoms. The molecule has 6 nitrogen and oxygen atoms in total. The molecular weight excluding hydrogens is 232 g/mol. The number of hydrogen-bond acceptors (Lipinski definition) is 3. The molecule has 3 atom stereocenters. The van der Waals surface area contributed by atoms with Crippen molar-refractivity contribution in [2.24, 2.45) is 11.0 Å². The lowest BCUT2D eigenvalue weighted by molar-refractivity contribution is 0.0447. The lowest BCUT2D eigenvalue weighted by atomic mass is 9.89. The molecule has 2 aliphatic rings. The Bertz CT molecular complexity index is 397. The van der Waals surface area contributed by atoms with Gasteiger partial charge in [-0.05, 0) is 57.9 Å². The van der Waals surface area contributed by atoms with Gasteiger partial charge in [0.25, 0.3) is 0 Å². The molecule has 0 heterocycles. The smallest absolute Gasteiger partial charge is 0.408 e. The van der Waals surface area contributed by atoms with E-state index in [0.717, 1.165) is 25.7 Å². The first-order valence-corrected chi connectivity index (χ1v) is 6.40. The van der Waals surface area contributed by atoms with Crippen molar-refractivity contribution in [2.75, 3.05) is 0 Å².